The molecule has 4 nitrogen and oxygen atoms in total. The van der Waals surface area contributed by atoms with Crippen molar-refractivity contribution in [2.24, 2.45) is 0 Å². The smallest absolute Gasteiger partial charge is 0.320 e. The van der Waals surface area contributed by atoms with Crippen LogP contribution in [0.25, 0.3) is 0 Å². The number of carboxylic acid groups (broad SMARTS) is 1. The Kier molecular flexibility index (Phi) is 5.83. The van der Waals surface area contributed by atoms with E-state index in [2.05, 4.69) is 32.2 Å². The molecule has 0 radical (unpaired) electrons. The Morgan fingerprint density at radius 3 is 2.58 bits per heavy atom. The normalized spacial score (nSPS) is 12.5. The Balaban J connectivity index is 2.42. The first kappa shape index (κ1) is 15.5. The van der Waals surface area contributed by atoms with Crippen LogP contribution in [0.2, 0.25) is 0 Å². The van der Waals surface area contributed by atoms with E-state index in [1.54, 1.807) is 6.92 Å². The van der Waals surface area contributed by atoms with Gasteiger partial charge < -0.3 is 15.2 Å². The number of nitrogens with one attached hydrogen (secondary N) is 1. The highest BCUT2D eigenvalue weighted by atomic mass is 16.5. The third kappa shape index (κ3) is 4.91. The van der Waals surface area contributed by atoms with Gasteiger partial charge in [-0.15, -0.1) is 0 Å². The SMILES string of the molecule is Cc1cc(OCCN[C@H](C)C(=O)O)ccc1C(C)C. The summed E-state index contributed by atoms with van der Waals surface area (Å²) in [6.45, 7) is 8.99. The van der Waals surface area contributed by atoms with Gasteiger partial charge in [0.25, 0.3) is 0 Å². The minimum absolute atomic E-state index is 0.456. The highest BCUT2D eigenvalue weighted by molar-refractivity contribution is 5.72. The van der Waals surface area contributed by atoms with Crippen molar-refractivity contribution < 1.29 is 14.6 Å². The third-order valence-electron chi connectivity index (χ3n) is 3.06. The highest BCUT2D eigenvalue weighted by Crippen LogP contribution is 2.23. The van der Waals surface area contributed by atoms with Crippen LogP contribution in [0.15, 0.2) is 18.2 Å². The largest absolute Gasteiger partial charge is 0.492 e. The van der Waals surface area contributed by atoms with Gasteiger partial charge in [0, 0.05) is 6.54 Å². The molecule has 0 bridgehead atoms. The molecule has 4 heteroatoms. The molecule has 0 aliphatic carbocycles. The first-order valence-electron chi connectivity index (χ1n) is 6.61. The molecule has 0 unspecified atom stereocenters. The van der Waals surface area contributed by atoms with Crippen LogP contribution in [-0.4, -0.2) is 30.3 Å². The lowest BCUT2D eigenvalue weighted by atomic mass is 9.98. The van der Waals surface area contributed by atoms with Crippen molar-refractivity contribution in [3.63, 3.8) is 0 Å². The van der Waals surface area contributed by atoms with Gasteiger partial charge >= 0.3 is 5.97 Å². The Morgan fingerprint density at radius 2 is 2.05 bits per heavy atom. The van der Waals surface area contributed by atoms with E-state index in [1.165, 1.54) is 11.1 Å². The van der Waals surface area contributed by atoms with Gasteiger partial charge in [-0.1, -0.05) is 19.9 Å². The number of rotatable bonds is 7. The molecule has 1 rings (SSSR count). The van der Waals surface area contributed by atoms with Crippen LogP contribution in [0, 0.1) is 6.92 Å². The summed E-state index contributed by atoms with van der Waals surface area (Å²) in [6.07, 6.45) is 0. The summed E-state index contributed by atoms with van der Waals surface area (Å²) in [7, 11) is 0. The minimum Gasteiger partial charge on any atom is -0.492 e. The lowest BCUT2D eigenvalue weighted by Crippen LogP contribution is -2.36. The molecular weight excluding hydrogens is 242 g/mol. The summed E-state index contributed by atoms with van der Waals surface area (Å²) in [5, 5.41) is 11.6. The molecule has 0 aromatic heterocycles. The first-order valence-corrected chi connectivity index (χ1v) is 6.61. The zero-order valence-corrected chi connectivity index (χ0v) is 12.1. The number of carboxylic acids is 1. The second-order valence-corrected chi connectivity index (χ2v) is 5.04. The van der Waals surface area contributed by atoms with Crippen molar-refractivity contribution in [2.75, 3.05) is 13.2 Å². The fourth-order valence-corrected chi connectivity index (χ4v) is 1.92. The minimum atomic E-state index is -0.850. The molecule has 2 N–H and O–H groups in total. The Morgan fingerprint density at radius 1 is 1.37 bits per heavy atom. The van der Waals surface area contributed by atoms with Crippen molar-refractivity contribution in [2.45, 2.75) is 39.7 Å². The quantitative estimate of drug-likeness (QED) is 0.744. The summed E-state index contributed by atoms with van der Waals surface area (Å²) in [5.74, 6) is 0.482. The number of aliphatic carboxylic acids is 1. The van der Waals surface area contributed by atoms with E-state index in [1.807, 2.05) is 12.1 Å². The Hall–Kier alpha value is -1.55. The fraction of sp³-hybridized carbons (Fsp3) is 0.533. The maximum absolute atomic E-state index is 10.6. The molecule has 1 aromatic rings. The predicted molar refractivity (Wildman–Crippen MR) is 75.9 cm³/mol. The lowest BCUT2D eigenvalue weighted by Gasteiger charge is -2.13. The summed E-state index contributed by atoms with van der Waals surface area (Å²) in [4.78, 5) is 10.6. The van der Waals surface area contributed by atoms with Crippen molar-refractivity contribution in [1.29, 1.82) is 0 Å². The van der Waals surface area contributed by atoms with Crippen LogP contribution in [0.4, 0.5) is 0 Å². The van der Waals surface area contributed by atoms with E-state index in [0.717, 1.165) is 5.75 Å². The summed E-state index contributed by atoms with van der Waals surface area (Å²) in [6, 6.07) is 5.52. The zero-order valence-electron chi connectivity index (χ0n) is 12.1. The van der Waals surface area contributed by atoms with E-state index >= 15 is 0 Å². The van der Waals surface area contributed by atoms with Gasteiger partial charge in [-0.25, -0.2) is 0 Å². The molecule has 0 fully saturated rings. The van der Waals surface area contributed by atoms with Crippen LogP contribution in [-0.2, 0) is 4.79 Å². The molecule has 1 aromatic carbocycles. The molecule has 0 aliphatic rings. The maximum atomic E-state index is 10.6. The summed E-state index contributed by atoms with van der Waals surface area (Å²) in [5.41, 5.74) is 2.55. The number of hydrogen-bond donors (Lipinski definition) is 2. The topological polar surface area (TPSA) is 58.6 Å². The average Bonchev–Trinajstić information content (AvgIpc) is 2.33. The van der Waals surface area contributed by atoms with Crippen molar-refractivity contribution in [3.05, 3.63) is 29.3 Å². The Labute approximate surface area is 114 Å². The number of aryl methyl sites for hydroxylation is 1. The lowest BCUT2D eigenvalue weighted by molar-refractivity contribution is -0.139. The summed E-state index contributed by atoms with van der Waals surface area (Å²) >= 11 is 0. The third-order valence-corrected chi connectivity index (χ3v) is 3.06. The van der Waals surface area contributed by atoms with Crippen LogP contribution in [0.3, 0.4) is 0 Å². The molecule has 0 amide bonds. The number of benzene rings is 1. The van der Waals surface area contributed by atoms with Crippen molar-refractivity contribution in [1.82, 2.24) is 5.32 Å². The molecule has 19 heavy (non-hydrogen) atoms. The Bertz CT molecular complexity index is 429. The maximum Gasteiger partial charge on any atom is 0.320 e. The van der Waals surface area contributed by atoms with Crippen molar-refractivity contribution >= 4 is 5.97 Å². The average molecular weight is 265 g/mol. The van der Waals surface area contributed by atoms with Gasteiger partial charge in [-0.05, 0) is 43.0 Å². The van der Waals surface area contributed by atoms with E-state index in [9.17, 15) is 4.79 Å². The fourth-order valence-electron chi connectivity index (χ4n) is 1.92. The van der Waals surface area contributed by atoms with Gasteiger partial charge in [-0.3, -0.25) is 4.79 Å². The molecule has 0 saturated heterocycles. The molecule has 0 spiro atoms. The number of hydrogen-bond acceptors (Lipinski definition) is 3. The number of carbonyl (C=O) groups is 1. The first-order chi connectivity index (χ1) is 8.91. The van der Waals surface area contributed by atoms with Gasteiger partial charge in [-0.2, -0.15) is 0 Å². The van der Waals surface area contributed by atoms with E-state index in [0.29, 0.717) is 19.1 Å². The molecule has 106 valence electrons. The van der Waals surface area contributed by atoms with E-state index in [-0.39, 0.29) is 0 Å². The van der Waals surface area contributed by atoms with E-state index < -0.39 is 12.0 Å². The van der Waals surface area contributed by atoms with Crippen LogP contribution in [0.5, 0.6) is 5.75 Å². The van der Waals surface area contributed by atoms with Gasteiger partial charge in [0.1, 0.15) is 18.4 Å². The molecule has 0 saturated carbocycles. The second-order valence-electron chi connectivity index (χ2n) is 5.04. The predicted octanol–water partition coefficient (Wildman–Crippen LogP) is 2.56. The highest BCUT2D eigenvalue weighted by Gasteiger charge is 2.09. The van der Waals surface area contributed by atoms with Crippen LogP contribution >= 0.6 is 0 Å². The van der Waals surface area contributed by atoms with Crippen molar-refractivity contribution in [3.8, 4) is 5.75 Å². The monoisotopic (exact) mass is 265 g/mol. The van der Waals surface area contributed by atoms with Gasteiger partial charge in [0.05, 0.1) is 0 Å². The van der Waals surface area contributed by atoms with E-state index in [4.69, 9.17) is 9.84 Å². The second kappa shape index (κ2) is 7.14. The van der Waals surface area contributed by atoms with Crippen LogP contribution in [0.1, 0.15) is 37.8 Å². The zero-order chi connectivity index (χ0) is 14.4. The van der Waals surface area contributed by atoms with Gasteiger partial charge in [0.15, 0.2) is 0 Å². The molecule has 0 aliphatic heterocycles. The molecule has 0 heterocycles. The number of ether oxygens (including phenoxy) is 1. The summed E-state index contributed by atoms with van der Waals surface area (Å²) < 4.78 is 5.60. The van der Waals surface area contributed by atoms with Gasteiger partial charge in [0.2, 0.25) is 0 Å². The molecule has 1 atom stereocenters. The standard InChI is InChI=1S/C15H23NO3/c1-10(2)14-6-5-13(9-11(14)3)19-8-7-16-12(4)15(17)18/h5-6,9-10,12,16H,7-8H2,1-4H3,(H,17,18)/t12-/m1/s1. The van der Waals surface area contributed by atoms with Crippen LogP contribution < -0.4 is 10.1 Å². The molecular formula is C15H23NO3.